The van der Waals surface area contributed by atoms with Gasteiger partial charge in [0.15, 0.2) is 5.58 Å². The first kappa shape index (κ1) is 13.1. The topological polar surface area (TPSA) is 63.3 Å². The molecule has 0 bridgehead atoms. The third-order valence-corrected chi connectivity index (χ3v) is 3.05. The van der Waals surface area contributed by atoms with Crippen molar-refractivity contribution in [2.24, 2.45) is 0 Å². The van der Waals surface area contributed by atoms with Crippen LogP contribution in [-0.2, 0) is 4.79 Å². The predicted octanol–water partition coefficient (Wildman–Crippen LogP) is 3.84. The maximum absolute atomic E-state index is 11.1. The summed E-state index contributed by atoms with van der Waals surface area (Å²) in [5.41, 5.74) is 2.83. The Kier molecular flexibility index (Phi) is 3.51. The van der Waals surface area contributed by atoms with Crippen molar-refractivity contribution in [2.45, 2.75) is 6.42 Å². The molecule has 3 rings (SSSR count). The van der Waals surface area contributed by atoms with Crippen molar-refractivity contribution in [2.75, 3.05) is 0 Å². The zero-order valence-electron chi connectivity index (χ0n) is 11.2. The Morgan fingerprint density at radius 1 is 1.10 bits per heavy atom. The number of rotatable bonds is 4. The molecule has 0 spiro atoms. The van der Waals surface area contributed by atoms with Gasteiger partial charge in [0.25, 0.3) is 0 Å². The fourth-order valence-corrected chi connectivity index (χ4v) is 2.11. The summed E-state index contributed by atoms with van der Waals surface area (Å²) in [6, 6.07) is 16.9. The van der Waals surface area contributed by atoms with Crippen LogP contribution in [-0.4, -0.2) is 16.1 Å². The minimum absolute atomic E-state index is 0.137. The Bertz CT molecular complexity index is 770. The number of para-hydroxylation sites is 2. The van der Waals surface area contributed by atoms with Gasteiger partial charge in [0.2, 0.25) is 5.89 Å². The maximum atomic E-state index is 11.1. The smallest absolute Gasteiger partial charge is 0.308 e. The molecule has 1 N–H and O–H groups in total. The molecular formula is C17H13NO3. The third kappa shape index (κ3) is 3.00. The van der Waals surface area contributed by atoms with Gasteiger partial charge in [-0.25, -0.2) is 4.98 Å². The van der Waals surface area contributed by atoms with E-state index in [1.165, 1.54) is 0 Å². The summed E-state index contributed by atoms with van der Waals surface area (Å²) in [5.74, 6) is -0.568. The van der Waals surface area contributed by atoms with E-state index in [1.807, 2.05) is 54.6 Å². The summed E-state index contributed by atoms with van der Waals surface area (Å²) < 4.78 is 5.66. The number of fused-ring (bicyclic) bond motifs is 1. The van der Waals surface area contributed by atoms with E-state index >= 15 is 0 Å². The van der Waals surface area contributed by atoms with Crippen molar-refractivity contribution in [1.82, 2.24) is 4.98 Å². The van der Waals surface area contributed by atoms with E-state index in [2.05, 4.69) is 4.98 Å². The lowest BCUT2D eigenvalue weighted by Crippen LogP contribution is -1.97. The molecule has 0 radical (unpaired) electrons. The molecule has 1 heterocycles. The number of carboxylic acids is 1. The Balaban J connectivity index is 2.06. The Morgan fingerprint density at radius 3 is 2.52 bits per heavy atom. The zero-order valence-corrected chi connectivity index (χ0v) is 11.2. The number of nitrogens with zero attached hydrogens (tertiary/aromatic N) is 1. The van der Waals surface area contributed by atoms with Crippen LogP contribution >= 0.6 is 0 Å². The molecule has 3 aromatic rings. The summed E-state index contributed by atoms with van der Waals surface area (Å²) in [5, 5.41) is 9.09. The van der Waals surface area contributed by atoms with E-state index in [-0.39, 0.29) is 6.42 Å². The fraction of sp³-hybridized carbons (Fsp3) is 0.0588. The van der Waals surface area contributed by atoms with Gasteiger partial charge >= 0.3 is 5.97 Å². The molecule has 4 heteroatoms. The second kappa shape index (κ2) is 5.63. The first-order chi connectivity index (χ1) is 10.2. The van der Waals surface area contributed by atoms with Crippen molar-refractivity contribution in [1.29, 1.82) is 0 Å². The van der Waals surface area contributed by atoms with Crippen LogP contribution in [0.25, 0.3) is 22.7 Å². The van der Waals surface area contributed by atoms with Gasteiger partial charge in [0.1, 0.15) is 5.52 Å². The van der Waals surface area contributed by atoms with Gasteiger partial charge < -0.3 is 9.52 Å². The largest absolute Gasteiger partial charge is 0.481 e. The molecule has 0 aliphatic rings. The Labute approximate surface area is 121 Å². The normalized spacial score (nSPS) is 11.7. The molecule has 0 fully saturated rings. The highest BCUT2D eigenvalue weighted by atomic mass is 16.4. The summed E-state index contributed by atoms with van der Waals surface area (Å²) in [6.45, 7) is 0. The van der Waals surface area contributed by atoms with E-state index in [4.69, 9.17) is 9.52 Å². The first-order valence-electron chi connectivity index (χ1n) is 6.56. The third-order valence-electron chi connectivity index (χ3n) is 3.05. The van der Waals surface area contributed by atoms with Crippen LogP contribution in [0.5, 0.6) is 0 Å². The Hall–Kier alpha value is -2.88. The molecule has 4 nitrogen and oxygen atoms in total. The molecule has 0 aliphatic heterocycles. The van der Waals surface area contributed by atoms with E-state index in [9.17, 15) is 4.79 Å². The second-order valence-electron chi connectivity index (χ2n) is 4.64. The summed E-state index contributed by atoms with van der Waals surface area (Å²) in [4.78, 5) is 15.4. The number of hydrogen-bond acceptors (Lipinski definition) is 3. The van der Waals surface area contributed by atoms with Crippen molar-refractivity contribution in [3.05, 3.63) is 66.1 Å². The van der Waals surface area contributed by atoms with Crippen LogP contribution in [0.3, 0.4) is 0 Å². The number of aromatic nitrogens is 1. The van der Waals surface area contributed by atoms with Gasteiger partial charge in [0, 0.05) is 5.57 Å². The maximum Gasteiger partial charge on any atom is 0.308 e. The molecule has 21 heavy (non-hydrogen) atoms. The summed E-state index contributed by atoms with van der Waals surface area (Å²) in [6.07, 6.45) is 1.65. The zero-order chi connectivity index (χ0) is 14.7. The van der Waals surface area contributed by atoms with Crippen molar-refractivity contribution < 1.29 is 14.3 Å². The van der Waals surface area contributed by atoms with E-state index < -0.39 is 5.97 Å². The van der Waals surface area contributed by atoms with Gasteiger partial charge in [0.05, 0.1) is 6.42 Å². The molecule has 0 atom stereocenters. The Morgan fingerprint density at radius 2 is 1.81 bits per heavy atom. The fourth-order valence-electron chi connectivity index (χ4n) is 2.11. The van der Waals surface area contributed by atoms with Crippen LogP contribution < -0.4 is 0 Å². The van der Waals surface area contributed by atoms with Gasteiger partial charge in [-0.05, 0) is 23.8 Å². The van der Waals surface area contributed by atoms with E-state index in [0.29, 0.717) is 17.0 Å². The van der Waals surface area contributed by atoms with Crippen LogP contribution in [0.2, 0.25) is 0 Å². The lowest BCUT2D eigenvalue weighted by Gasteiger charge is -2.00. The monoisotopic (exact) mass is 279 g/mol. The number of carboxylic acid groups (broad SMARTS) is 1. The van der Waals surface area contributed by atoms with Crippen LogP contribution in [0.4, 0.5) is 0 Å². The second-order valence-corrected chi connectivity index (χ2v) is 4.64. The predicted molar refractivity (Wildman–Crippen MR) is 80.6 cm³/mol. The summed E-state index contributed by atoms with van der Waals surface area (Å²) >= 11 is 0. The minimum Gasteiger partial charge on any atom is -0.481 e. The van der Waals surface area contributed by atoms with E-state index in [0.717, 1.165) is 11.1 Å². The molecular weight excluding hydrogens is 266 g/mol. The number of hydrogen-bond donors (Lipinski definition) is 1. The highest BCUT2D eigenvalue weighted by molar-refractivity contribution is 5.90. The number of aliphatic carboxylic acids is 1. The molecule has 0 amide bonds. The van der Waals surface area contributed by atoms with Gasteiger partial charge in [-0.1, -0.05) is 42.5 Å². The average molecular weight is 279 g/mol. The van der Waals surface area contributed by atoms with Gasteiger partial charge in [-0.3, -0.25) is 4.79 Å². The molecule has 0 aliphatic carbocycles. The first-order valence-corrected chi connectivity index (χ1v) is 6.56. The van der Waals surface area contributed by atoms with Gasteiger partial charge in [-0.15, -0.1) is 0 Å². The standard InChI is InChI=1S/C17H13NO3/c19-16(20)11-13(10-12-6-2-1-3-7-12)17-18-14-8-4-5-9-15(14)21-17/h1-10H,11H2,(H,19,20)/b13-10-. The summed E-state index contributed by atoms with van der Waals surface area (Å²) in [7, 11) is 0. The molecule has 0 saturated carbocycles. The SMILES string of the molecule is O=C(O)C/C(=C/c1ccccc1)c1nc2ccccc2o1. The van der Waals surface area contributed by atoms with Crippen molar-refractivity contribution in [3.63, 3.8) is 0 Å². The van der Waals surface area contributed by atoms with Gasteiger partial charge in [-0.2, -0.15) is 0 Å². The van der Waals surface area contributed by atoms with E-state index in [1.54, 1.807) is 6.08 Å². The highest BCUT2D eigenvalue weighted by Gasteiger charge is 2.14. The number of benzene rings is 2. The molecule has 0 saturated heterocycles. The molecule has 2 aromatic carbocycles. The van der Waals surface area contributed by atoms with Crippen LogP contribution in [0.15, 0.2) is 59.0 Å². The van der Waals surface area contributed by atoms with Crippen molar-refractivity contribution >= 4 is 28.7 Å². The lowest BCUT2D eigenvalue weighted by molar-refractivity contribution is -0.135. The van der Waals surface area contributed by atoms with Crippen LogP contribution in [0, 0.1) is 0 Å². The average Bonchev–Trinajstić information content (AvgIpc) is 2.91. The minimum atomic E-state index is -0.917. The lowest BCUT2D eigenvalue weighted by atomic mass is 10.1. The highest BCUT2D eigenvalue weighted by Crippen LogP contribution is 2.25. The molecule has 1 aromatic heterocycles. The molecule has 0 unspecified atom stereocenters. The molecule has 104 valence electrons. The number of carbonyl (C=O) groups is 1. The quantitative estimate of drug-likeness (QED) is 0.788. The van der Waals surface area contributed by atoms with Crippen LogP contribution in [0.1, 0.15) is 17.9 Å². The van der Waals surface area contributed by atoms with Crippen molar-refractivity contribution in [3.8, 4) is 0 Å². The number of oxazole rings is 1.